The van der Waals surface area contributed by atoms with E-state index in [4.69, 9.17) is 21.6 Å². The molecule has 1 aromatic heterocycles. The van der Waals surface area contributed by atoms with E-state index in [2.05, 4.69) is 11.0 Å². The highest BCUT2D eigenvalue weighted by atomic mass is 16.5. The smallest absolute Gasteiger partial charge is 0.304 e. The van der Waals surface area contributed by atoms with Gasteiger partial charge in [0.15, 0.2) is 5.82 Å². The van der Waals surface area contributed by atoms with Crippen molar-refractivity contribution in [1.82, 2.24) is 9.78 Å². The topological polar surface area (TPSA) is 99.7 Å². The van der Waals surface area contributed by atoms with Crippen molar-refractivity contribution in [2.45, 2.75) is 31.2 Å². The lowest BCUT2D eigenvalue weighted by atomic mass is 9.93. The number of carbonyl (C=O) groups is 2. The fourth-order valence-electron chi connectivity index (χ4n) is 3.62. The van der Waals surface area contributed by atoms with Gasteiger partial charge in [0.2, 0.25) is 5.91 Å². The minimum atomic E-state index is -1.16. The normalized spacial score (nSPS) is 14.9. The molecule has 1 fully saturated rings. The zero-order valence-corrected chi connectivity index (χ0v) is 15.8. The summed E-state index contributed by atoms with van der Waals surface area (Å²) in [6.45, 7) is 0. The Morgan fingerprint density at radius 1 is 1.21 bits per heavy atom. The molecule has 1 aliphatic carbocycles. The molecule has 1 heterocycles. The van der Waals surface area contributed by atoms with E-state index in [-0.39, 0.29) is 5.82 Å². The van der Waals surface area contributed by atoms with Crippen molar-refractivity contribution in [2.24, 2.45) is 5.73 Å². The number of hydrogen-bond donors (Lipinski definition) is 1. The molecule has 0 unspecified atom stereocenters. The highest BCUT2D eigenvalue weighted by Gasteiger charge is 2.48. The molecule has 1 saturated carbocycles. The van der Waals surface area contributed by atoms with Crippen LogP contribution in [0.15, 0.2) is 30.5 Å². The van der Waals surface area contributed by atoms with Crippen LogP contribution >= 0.6 is 0 Å². The summed E-state index contributed by atoms with van der Waals surface area (Å²) >= 11 is 0. The maximum Gasteiger partial charge on any atom is 0.304 e. The summed E-state index contributed by atoms with van der Waals surface area (Å²) in [5.41, 5.74) is 5.19. The number of carbonyl (C=O) groups excluding carboxylic acids is 2. The molecule has 28 heavy (non-hydrogen) atoms. The van der Waals surface area contributed by atoms with Crippen LogP contribution in [-0.2, 0) is 9.59 Å². The fraction of sp³-hybridized carbons (Fsp3) is 0.350. The molecule has 0 saturated heterocycles. The SMILES string of the molecule is C#CC(=O)N(c1ccn(-c2cc(OC)cc(OC)c2)n1)C1(C(N)=O)CCCC1. The number of hydrogen-bond acceptors (Lipinski definition) is 5. The second kappa shape index (κ2) is 7.64. The van der Waals surface area contributed by atoms with E-state index in [9.17, 15) is 9.59 Å². The second-order valence-electron chi connectivity index (χ2n) is 6.58. The number of primary amides is 1. The highest BCUT2D eigenvalue weighted by Crippen LogP contribution is 2.38. The number of rotatable bonds is 6. The van der Waals surface area contributed by atoms with E-state index in [1.165, 1.54) is 4.90 Å². The lowest BCUT2D eigenvalue weighted by molar-refractivity contribution is -0.126. The molecule has 0 aliphatic heterocycles. The molecule has 0 radical (unpaired) electrons. The number of ether oxygens (including phenoxy) is 2. The minimum Gasteiger partial charge on any atom is -0.497 e. The third-order valence-corrected chi connectivity index (χ3v) is 5.05. The van der Waals surface area contributed by atoms with Gasteiger partial charge < -0.3 is 15.2 Å². The van der Waals surface area contributed by atoms with Gasteiger partial charge in [0, 0.05) is 30.5 Å². The van der Waals surface area contributed by atoms with Crippen LogP contribution < -0.4 is 20.1 Å². The first-order valence-electron chi connectivity index (χ1n) is 8.85. The molecule has 2 N–H and O–H groups in total. The number of nitrogens with two attached hydrogens (primary N) is 1. The summed E-state index contributed by atoms with van der Waals surface area (Å²) in [5.74, 6) is 2.32. The van der Waals surface area contributed by atoms with E-state index in [0.29, 0.717) is 30.0 Å². The predicted molar refractivity (Wildman–Crippen MR) is 103 cm³/mol. The molecule has 8 nitrogen and oxygen atoms in total. The van der Waals surface area contributed by atoms with E-state index in [1.54, 1.807) is 49.4 Å². The molecule has 2 amide bonds. The number of methoxy groups -OCH3 is 2. The summed E-state index contributed by atoms with van der Waals surface area (Å²) in [5, 5.41) is 4.48. The zero-order chi connectivity index (χ0) is 20.3. The van der Waals surface area contributed by atoms with Gasteiger partial charge >= 0.3 is 5.91 Å². The molecule has 1 aliphatic rings. The van der Waals surface area contributed by atoms with Crippen LogP contribution in [0, 0.1) is 12.3 Å². The van der Waals surface area contributed by atoms with Crippen LogP contribution in [0.2, 0.25) is 0 Å². The van der Waals surface area contributed by atoms with E-state index in [1.807, 2.05) is 0 Å². The molecule has 0 spiro atoms. The van der Waals surface area contributed by atoms with Gasteiger partial charge in [-0.05, 0) is 18.8 Å². The quantitative estimate of drug-likeness (QED) is 0.766. The molecule has 3 rings (SSSR count). The third kappa shape index (κ3) is 3.27. The molecular weight excluding hydrogens is 360 g/mol. The second-order valence-corrected chi connectivity index (χ2v) is 6.58. The summed E-state index contributed by atoms with van der Waals surface area (Å²) in [7, 11) is 3.11. The molecule has 1 aromatic carbocycles. The number of aromatic nitrogens is 2. The monoisotopic (exact) mass is 382 g/mol. The van der Waals surface area contributed by atoms with Gasteiger partial charge in [-0.3, -0.25) is 14.5 Å². The Bertz CT molecular complexity index is 916. The van der Waals surface area contributed by atoms with E-state index >= 15 is 0 Å². The molecule has 8 heteroatoms. The summed E-state index contributed by atoms with van der Waals surface area (Å²) in [6.07, 6.45) is 9.51. The van der Waals surface area contributed by atoms with Crippen molar-refractivity contribution in [3.05, 3.63) is 30.5 Å². The summed E-state index contributed by atoms with van der Waals surface area (Å²) in [6, 6.07) is 6.91. The van der Waals surface area contributed by atoms with E-state index in [0.717, 1.165) is 12.8 Å². The lowest BCUT2D eigenvalue weighted by Gasteiger charge is -2.35. The van der Waals surface area contributed by atoms with Crippen LogP contribution in [0.25, 0.3) is 5.69 Å². The Labute approximate surface area is 163 Å². The number of terminal acetylenes is 1. The number of anilines is 1. The number of benzene rings is 1. The van der Waals surface area contributed by atoms with Crippen molar-refractivity contribution in [3.63, 3.8) is 0 Å². The van der Waals surface area contributed by atoms with Gasteiger partial charge in [0.25, 0.3) is 0 Å². The Morgan fingerprint density at radius 3 is 2.32 bits per heavy atom. The lowest BCUT2D eigenvalue weighted by Crippen LogP contribution is -2.58. The highest BCUT2D eigenvalue weighted by molar-refractivity contribution is 6.10. The first-order chi connectivity index (χ1) is 13.4. The average Bonchev–Trinajstić information content (AvgIpc) is 3.38. The van der Waals surface area contributed by atoms with Crippen LogP contribution in [-0.4, -0.2) is 41.4 Å². The fourth-order valence-corrected chi connectivity index (χ4v) is 3.62. The van der Waals surface area contributed by atoms with Gasteiger partial charge in [-0.15, -0.1) is 11.5 Å². The number of nitrogens with zero attached hydrogens (tertiary/aromatic N) is 3. The van der Waals surface area contributed by atoms with Crippen LogP contribution in [0.5, 0.6) is 11.5 Å². The zero-order valence-electron chi connectivity index (χ0n) is 15.8. The van der Waals surface area contributed by atoms with Crippen molar-refractivity contribution in [3.8, 4) is 29.5 Å². The largest absolute Gasteiger partial charge is 0.497 e. The van der Waals surface area contributed by atoms with Crippen molar-refractivity contribution < 1.29 is 19.1 Å². The first-order valence-corrected chi connectivity index (χ1v) is 8.85. The van der Waals surface area contributed by atoms with Gasteiger partial charge in [0.05, 0.1) is 19.9 Å². The van der Waals surface area contributed by atoms with Gasteiger partial charge in [-0.1, -0.05) is 12.8 Å². The van der Waals surface area contributed by atoms with Crippen LogP contribution in [0.4, 0.5) is 5.82 Å². The Hall–Kier alpha value is -3.47. The predicted octanol–water partition coefficient (Wildman–Crippen LogP) is 1.65. The maximum atomic E-state index is 12.5. The minimum absolute atomic E-state index is 0.269. The first kappa shape index (κ1) is 19.3. The van der Waals surface area contributed by atoms with E-state index < -0.39 is 17.4 Å². The Balaban J connectivity index is 2.06. The van der Waals surface area contributed by atoms with Crippen molar-refractivity contribution in [2.75, 3.05) is 19.1 Å². The molecular formula is C20H22N4O4. The molecule has 2 aromatic rings. The van der Waals surface area contributed by atoms with Gasteiger partial charge in [-0.25, -0.2) is 4.68 Å². The number of amides is 2. The van der Waals surface area contributed by atoms with Crippen LogP contribution in [0.3, 0.4) is 0 Å². The third-order valence-electron chi connectivity index (χ3n) is 5.05. The van der Waals surface area contributed by atoms with Gasteiger partial charge in [0.1, 0.15) is 17.0 Å². The average molecular weight is 382 g/mol. The van der Waals surface area contributed by atoms with Crippen molar-refractivity contribution in [1.29, 1.82) is 0 Å². The Kier molecular flexibility index (Phi) is 5.27. The maximum absolute atomic E-state index is 12.5. The van der Waals surface area contributed by atoms with Crippen LogP contribution in [0.1, 0.15) is 25.7 Å². The van der Waals surface area contributed by atoms with Gasteiger partial charge in [-0.2, -0.15) is 0 Å². The standard InChI is InChI=1S/C20H22N4O4/c1-4-18(25)24(20(19(21)26)8-5-6-9-20)17-7-10-23(22-17)14-11-15(27-2)13-16(12-14)28-3/h1,7,10-13H,5-6,8-9H2,2-3H3,(H2,21,26). The Morgan fingerprint density at radius 2 is 1.82 bits per heavy atom. The summed E-state index contributed by atoms with van der Waals surface area (Å²) in [4.78, 5) is 26.1. The molecule has 0 atom stereocenters. The van der Waals surface area contributed by atoms with Crippen molar-refractivity contribution >= 4 is 17.6 Å². The molecule has 146 valence electrons. The molecule has 0 bridgehead atoms. The summed E-state index contributed by atoms with van der Waals surface area (Å²) < 4.78 is 12.1.